The predicted molar refractivity (Wildman–Crippen MR) is 54.7 cm³/mol. The van der Waals surface area contributed by atoms with E-state index in [-0.39, 0.29) is 5.48 Å². The van der Waals surface area contributed by atoms with Crippen molar-refractivity contribution in [2.75, 3.05) is 0 Å². The van der Waals surface area contributed by atoms with Gasteiger partial charge < -0.3 is 5.48 Å². The van der Waals surface area contributed by atoms with Crippen LogP contribution in [0.3, 0.4) is 0 Å². The van der Waals surface area contributed by atoms with E-state index in [0.29, 0.717) is 0 Å². The van der Waals surface area contributed by atoms with Gasteiger partial charge >= 0.3 is 76.0 Å². The number of unbranched alkanes of at least 4 members (excludes halogenated alkanes) is 2. The summed E-state index contributed by atoms with van der Waals surface area (Å²) in [5.74, 6) is 0. The van der Waals surface area contributed by atoms with Crippen molar-refractivity contribution >= 4 is 27.6 Å². The van der Waals surface area contributed by atoms with E-state index in [1.165, 1.54) is 34.6 Å². The molecule has 0 heterocycles. The zero-order valence-electron chi connectivity index (χ0n) is 7.62. The summed E-state index contributed by atoms with van der Waals surface area (Å²) in [5, 5.41) is 0. The zero-order chi connectivity index (χ0) is 7.82. The molecule has 2 N–H and O–H groups in total. The SMILES string of the molecule is CCC[CH2][Sn]([Cl])[CH2]CCC.O. The Morgan fingerprint density at radius 2 is 1.36 bits per heavy atom. The van der Waals surface area contributed by atoms with Crippen molar-refractivity contribution in [2.45, 2.75) is 48.4 Å². The topological polar surface area (TPSA) is 31.5 Å². The molecule has 0 aromatic heterocycles. The van der Waals surface area contributed by atoms with Crippen LogP contribution in [-0.4, -0.2) is 24.1 Å². The summed E-state index contributed by atoms with van der Waals surface area (Å²) in [6, 6.07) is 0. The Bertz CT molecular complexity index is 63.1. The maximum absolute atomic E-state index is 6.24. The summed E-state index contributed by atoms with van der Waals surface area (Å²) in [5.41, 5.74) is 0. The van der Waals surface area contributed by atoms with E-state index in [4.69, 9.17) is 8.92 Å². The molecule has 0 aliphatic heterocycles. The summed E-state index contributed by atoms with van der Waals surface area (Å²) in [7, 11) is 6.24. The summed E-state index contributed by atoms with van der Waals surface area (Å²) >= 11 is -1.27. The molecule has 0 aromatic rings. The molecular formula is C8H20ClOSn. The van der Waals surface area contributed by atoms with Gasteiger partial charge in [-0.3, -0.25) is 0 Å². The van der Waals surface area contributed by atoms with Crippen LogP contribution < -0.4 is 0 Å². The third-order valence-electron chi connectivity index (χ3n) is 1.60. The summed E-state index contributed by atoms with van der Waals surface area (Å²) in [6.07, 6.45) is 5.40. The van der Waals surface area contributed by atoms with Crippen molar-refractivity contribution < 1.29 is 5.48 Å². The van der Waals surface area contributed by atoms with E-state index in [1.54, 1.807) is 0 Å². The molecule has 1 radical (unpaired) electrons. The van der Waals surface area contributed by atoms with Crippen molar-refractivity contribution in [3.63, 3.8) is 0 Å². The second-order valence-electron chi connectivity index (χ2n) is 2.72. The van der Waals surface area contributed by atoms with Gasteiger partial charge in [-0.15, -0.1) is 0 Å². The van der Waals surface area contributed by atoms with Crippen LogP contribution in [0.2, 0.25) is 8.87 Å². The van der Waals surface area contributed by atoms with E-state index in [9.17, 15) is 0 Å². The Labute approximate surface area is 81.3 Å². The van der Waals surface area contributed by atoms with Crippen molar-refractivity contribution in [1.29, 1.82) is 0 Å². The molecule has 69 valence electrons. The van der Waals surface area contributed by atoms with E-state index >= 15 is 0 Å². The van der Waals surface area contributed by atoms with E-state index in [1.807, 2.05) is 0 Å². The quantitative estimate of drug-likeness (QED) is 0.672. The molecule has 1 nitrogen and oxygen atoms in total. The van der Waals surface area contributed by atoms with Crippen molar-refractivity contribution in [2.24, 2.45) is 0 Å². The molecule has 0 rings (SSSR count). The van der Waals surface area contributed by atoms with Gasteiger partial charge in [-0.05, 0) is 0 Å². The fourth-order valence-electron chi connectivity index (χ4n) is 0.862. The van der Waals surface area contributed by atoms with Crippen LogP contribution in [0, 0.1) is 0 Å². The monoisotopic (exact) mass is 287 g/mol. The smallest absolute Gasteiger partial charge is 0.412 e. The van der Waals surface area contributed by atoms with Gasteiger partial charge in [-0.1, -0.05) is 0 Å². The van der Waals surface area contributed by atoms with Crippen molar-refractivity contribution in [1.82, 2.24) is 0 Å². The maximum Gasteiger partial charge on any atom is -0.412 e. The molecule has 0 atom stereocenters. The minimum atomic E-state index is -1.27. The molecule has 0 spiro atoms. The van der Waals surface area contributed by atoms with Gasteiger partial charge in [0.05, 0.1) is 0 Å². The maximum atomic E-state index is 6.24. The average molecular weight is 286 g/mol. The third kappa shape index (κ3) is 11.0. The van der Waals surface area contributed by atoms with Gasteiger partial charge in [0.25, 0.3) is 0 Å². The minimum absolute atomic E-state index is 0. The predicted octanol–water partition coefficient (Wildman–Crippen LogP) is 2.99. The van der Waals surface area contributed by atoms with Gasteiger partial charge in [0, 0.05) is 0 Å². The van der Waals surface area contributed by atoms with Crippen molar-refractivity contribution in [3.8, 4) is 0 Å². The van der Waals surface area contributed by atoms with Gasteiger partial charge in [0.2, 0.25) is 0 Å². The number of hydrogen-bond acceptors (Lipinski definition) is 0. The first-order chi connectivity index (χ1) is 4.81. The van der Waals surface area contributed by atoms with E-state index in [0.717, 1.165) is 0 Å². The molecular weight excluding hydrogens is 266 g/mol. The molecule has 0 fully saturated rings. The van der Waals surface area contributed by atoms with E-state index in [2.05, 4.69) is 13.8 Å². The second kappa shape index (κ2) is 11.0. The van der Waals surface area contributed by atoms with Gasteiger partial charge in [-0.25, -0.2) is 0 Å². The van der Waals surface area contributed by atoms with Crippen molar-refractivity contribution in [3.05, 3.63) is 0 Å². The average Bonchev–Trinajstić information content (AvgIpc) is 1.97. The first-order valence-corrected chi connectivity index (χ1v) is 12.0. The molecule has 0 aliphatic carbocycles. The number of hydrogen-bond donors (Lipinski definition) is 0. The van der Waals surface area contributed by atoms with Crippen LogP contribution in [0.1, 0.15) is 39.5 Å². The largest absolute Gasteiger partial charge is 0.412 e. The van der Waals surface area contributed by atoms with Gasteiger partial charge in [0.15, 0.2) is 0 Å². The second-order valence-corrected chi connectivity index (χ2v) is 12.1. The molecule has 0 bridgehead atoms. The van der Waals surface area contributed by atoms with Crippen LogP contribution >= 0.6 is 8.92 Å². The zero-order valence-corrected chi connectivity index (χ0v) is 11.2. The normalized spacial score (nSPS) is 9.82. The molecule has 0 aromatic carbocycles. The Hall–Kier alpha value is 1.05. The first kappa shape index (κ1) is 14.6. The Morgan fingerprint density at radius 1 is 1.00 bits per heavy atom. The van der Waals surface area contributed by atoms with Crippen LogP contribution in [0.15, 0.2) is 0 Å². The number of rotatable bonds is 6. The summed E-state index contributed by atoms with van der Waals surface area (Å²) < 4.78 is 2.81. The Morgan fingerprint density at radius 3 is 1.64 bits per heavy atom. The fraction of sp³-hybridized carbons (Fsp3) is 1.00. The fourth-order valence-corrected chi connectivity index (χ4v) is 7.58. The Balaban J connectivity index is 0. The molecule has 0 unspecified atom stereocenters. The molecule has 0 amide bonds. The third-order valence-corrected chi connectivity index (χ3v) is 9.25. The van der Waals surface area contributed by atoms with Gasteiger partial charge in [0.1, 0.15) is 0 Å². The van der Waals surface area contributed by atoms with Crippen LogP contribution in [0.4, 0.5) is 0 Å². The van der Waals surface area contributed by atoms with Crippen LogP contribution in [0.5, 0.6) is 0 Å². The summed E-state index contributed by atoms with van der Waals surface area (Å²) in [4.78, 5) is 0. The molecule has 3 heteroatoms. The Kier molecular flexibility index (Phi) is 14.6. The number of halogens is 1. The van der Waals surface area contributed by atoms with E-state index < -0.39 is 18.6 Å². The standard InChI is InChI=1S/2C4H9.ClH.H2O.Sn/c2*1-3-4-2;;;/h2*1,3-4H2,2H3;1H;1H2;/q;;;;+1/p-1. The molecule has 0 aliphatic rings. The summed E-state index contributed by atoms with van der Waals surface area (Å²) in [6.45, 7) is 4.49. The molecule has 0 saturated carbocycles. The minimum Gasteiger partial charge on any atom is -0.412 e. The van der Waals surface area contributed by atoms with Crippen LogP contribution in [0.25, 0.3) is 0 Å². The van der Waals surface area contributed by atoms with Gasteiger partial charge in [-0.2, -0.15) is 0 Å². The first-order valence-electron chi connectivity index (χ1n) is 4.31. The van der Waals surface area contributed by atoms with Crippen LogP contribution in [-0.2, 0) is 0 Å². The molecule has 11 heavy (non-hydrogen) atoms. The molecule has 0 saturated heterocycles.